The molecule has 0 saturated heterocycles. The largest absolute Gasteiger partial charge is 0.496 e. The first-order chi connectivity index (χ1) is 14.1. The van der Waals surface area contributed by atoms with Gasteiger partial charge >= 0.3 is 12.1 Å². The fourth-order valence-corrected chi connectivity index (χ4v) is 3.38. The molecule has 2 amide bonds. The molecular weight excluding hydrogens is 405 g/mol. The molecule has 30 heavy (non-hydrogen) atoms. The van der Waals surface area contributed by atoms with Gasteiger partial charge in [0.1, 0.15) is 11.3 Å². The summed E-state index contributed by atoms with van der Waals surface area (Å²) in [6, 6.07) is 5.61. The molecule has 0 saturated carbocycles. The van der Waals surface area contributed by atoms with Gasteiger partial charge in [-0.1, -0.05) is 25.5 Å². The maximum atomic E-state index is 14.4. The van der Waals surface area contributed by atoms with E-state index in [1.165, 1.54) is 38.3 Å². The number of alkyl halides is 3. The first-order valence-electron chi connectivity index (χ1n) is 9.20. The highest BCUT2D eigenvalue weighted by Gasteiger charge is 2.70. The fraction of sp³-hybridized carbons (Fsp3) is 0.450. The van der Waals surface area contributed by atoms with Gasteiger partial charge in [-0.05, 0) is 25.5 Å². The number of allylic oxidation sites excluding steroid dienone is 1. The molecule has 0 spiro atoms. The maximum Gasteiger partial charge on any atom is 0.425 e. The van der Waals surface area contributed by atoms with Crippen molar-refractivity contribution in [2.45, 2.75) is 38.4 Å². The lowest BCUT2D eigenvalue weighted by Crippen LogP contribution is -2.66. The number of para-hydroxylation sites is 1. The number of amides is 2. The highest BCUT2D eigenvalue weighted by molar-refractivity contribution is 6.12. The molecule has 0 aromatic heterocycles. The Balaban J connectivity index is 2.67. The van der Waals surface area contributed by atoms with E-state index in [0.717, 1.165) is 12.0 Å². The predicted octanol–water partition coefficient (Wildman–Crippen LogP) is 2.82. The minimum Gasteiger partial charge on any atom is -0.496 e. The summed E-state index contributed by atoms with van der Waals surface area (Å²) in [5, 5.41) is 1.78. The van der Waals surface area contributed by atoms with Crippen LogP contribution in [0.15, 0.2) is 35.5 Å². The van der Waals surface area contributed by atoms with Gasteiger partial charge in [0.15, 0.2) is 0 Å². The fourth-order valence-electron chi connectivity index (χ4n) is 3.38. The number of halogens is 3. The smallest absolute Gasteiger partial charge is 0.425 e. The number of hydrogen-bond donors (Lipinski definition) is 1. The summed E-state index contributed by atoms with van der Waals surface area (Å²) in [5.74, 6) is -4.01. The molecule has 1 aliphatic rings. The average Bonchev–Trinajstić information content (AvgIpc) is 2.92. The van der Waals surface area contributed by atoms with E-state index in [9.17, 15) is 27.6 Å². The van der Waals surface area contributed by atoms with Crippen molar-refractivity contribution in [2.24, 2.45) is 0 Å². The molecular formula is C20H23F3N2O5. The predicted molar refractivity (Wildman–Crippen MR) is 101 cm³/mol. The lowest BCUT2D eigenvalue weighted by atomic mass is 9.88. The summed E-state index contributed by atoms with van der Waals surface area (Å²) < 4.78 is 52.8. The number of ether oxygens (including phenoxy) is 2. The van der Waals surface area contributed by atoms with Crippen molar-refractivity contribution in [3.8, 4) is 5.75 Å². The zero-order valence-corrected chi connectivity index (χ0v) is 17.1. The van der Waals surface area contributed by atoms with Crippen LogP contribution in [-0.2, 0) is 14.3 Å². The first kappa shape index (κ1) is 23.2. The molecule has 0 aliphatic carbocycles. The van der Waals surface area contributed by atoms with Gasteiger partial charge in [-0.15, -0.1) is 0 Å². The number of hydrogen-bond acceptors (Lipinski definition) is 5. The van der Waals surface area contributed by atoms with Crippen molar-refractivity contribution in [3.63, 3.8) is 0 Å². The van der Waals surface area contributed by atoms with Crippen LogP contribution in [0.4, 0.5) is 13.2 Å². The number of nitrogens with zero attached hydrogens (tertiary/aromatic N) is 1. The normalized spacial score (nSPS) is 19.2. The number of methoxy groups -OCH3 is 2. The minimum atomic E-state index is -5.31. The van der Waals surface area contributed by atoms with E-state index in [-0.39, 0.29) is 23.6 Å². The van der Waals surface area contributed by atoms with Gasteiger partial charge in [0.25, 0.3) is 17.4 Å². The molecule has 1 aromatic carbocycles. The Morgan fingerprint density at radius 3 is 2.37 bits per heavy atom. The summed E-state index contributed by atoms with van der Waals surface area (Å²) in [5.41, 5.74) is -4.96. The third-order valence-electron chi connectivity index (χ3n) is 4.91. The Morgan fingerprint density at radius 1 is 1.20 bits per heavy atom. The molecule has 1 heterocycles. The Labute approximate surface area is 171 Å². The highest BCUT2D eigenvalue weighted by atomic mass is 19.4. The molecule has 1 aromatic rings. The monoisotopic (exact) mass is 428 g/mol. The van der Waals surface area contributed by atoms with Crippen LogP contribution >= 0.6 is 0 Å². The van der Waals surface area contributed by atoms with Gasteiger partial charge in [-0.3, -0.25) is 9.59 Å². The number of benzene rings is 1. The molecule has 1 atom stereocenters. The second-order valence-corrected chi connectivity index (χ2v) is 6.66. The zero-order valence-electron chi connectivity index (χ0n) is 17.1. The minimum absolute atomic E-state index is 0.0147. The van der Waals surface area contributed by atoms with Crippen molar-refractivity contribution < 1.29 is 37.0 Å². The molecule has 164 valence electrons. The Bertz CT molecular complexity index is 881. The number of carbonyl (C=O) groups is 3. The van der Waals surface area contributed by atoms with Crippen molar-refractivity contribution in [1.29, 1.82) is 0 Å². The van der Waals surface area contributed by atoms with E-state index in [1.54, 1.807) is 12.2 Å². The summed E-state index contributed by atoms with van der Waals surface area (Å²) >= 11 is 0. The van der Waals surface area contributed by atoms with Crippen LogP contribution in [0.3, 0.4) is 0 Å². The molecule has 0 radical (unpaired) electrons. The molecule has 2 rings (SSSR count). The van der Waals surface area contributed by atoms with Crippen LogP contribution in [0, 0.1) is 0 Å². The molecule has 0 fully saturated rings. The van der Waals surface area contributed by atoms with Crippen molar-refractivity contribution in [3.05, 3.63) is 41.1 Å². The Kier molecular flexibility index (Phi) is 6.79. The SMILES string of the molecule is CCCCN1C(=O)C(NC(=O)c2ccccc2OC)(C(F)(F)F)C(C(=O)OC)=C1C. The zero-order chi connectivity index (χ0) is 22.7. The number of esters is 1. The number of unbranched alkanes of at least 4 members (excludes halogenated alkanes) is 1. The van der Waals surface area contributed by atoms with Crippen LogP contribution in [-0.4, -0.2) is 55.2 Å². The maximum absolute atomic E-state index is 14.4. The lowest BCUT2D eigenvalue weighted by Gasteiger charge is -2.33. The van der Waals surface area contributed by atoms with E-state index in [1.807, 2.05) is 0 Å². The van der Waals surface area contributed by atoms with Gasteiger partial charge in [0.05, 0.1) is 19.8 Å². The molecule has 1 aliphatic heterocycles. The number of rotatable bonds is 7. The standard InChI is InChI=1S/C20H23F3N2O5/c1-5-6-11-25-12(2)15(17(27)30-4)19(18(25)28,20(21,22)23)24-16(26)13-9-7-8-10-14(13)29-3/h7-10H,5-6,11H2,1-4H3,(H,24,26). The van der Waals surface area contributed by atoms with Crippen LogP contribution < -0.4 is 10.1 Å². The molecule has 1 N–H and O–H groups in total. The van der Waals surface area contributed by atoms with E-state index in [0.29, 0.717) is 12.8 Å². The van der Waals surface area contributed by atoms with Crippen molar-refractivity contribution in [1.82, 2.24) is 10.2 Å². The molecule has 0 bridgehead atoms. The second-order valence-electron chi connectivity index (χ2n) is 6.66. The number of nitrogens with one attached hydrogen (secondary N) is 1. The quantitative estimate of drug-likeness (QED) is 0.675. The van der Waals surface area contributed by atoms with Gasteiger partial charge in [0, 0.05) is 12.2 Å². The second kappa shape index (κ2) is 8.76. The lowest BCUT2D eigenvalue weighted by molar-refractivity contribution is -0.192. The van der Waals surface area contributed by atoms with Gasteiger partial charge in [-0.25, -0.2) is 4.79 Å². The number of carbonyl (C=O) groups excluding carboxylic acids is 3. The third-order valence-corrected chi connectivity index (χ3v) is 4.91. The molecule has 1 unspecified atom stereocenters. The average molecular weight is 428 g/mol. The highest BCUT2D eigenvalue weighted by Crippen LogP contribution is 2.45. The van der Waals surface area contributed by atoms with Crippen LogP contribution in [0.2, 0.25) is 0 Å². The van der Waals surface area contributed by atoms with Crippen LogP contribution in [0.25, 0.3) is 0 Å². The van der Waals surface area contributed by atoms with Gasteiger partial charge < -0.3 is 19.7 Å². The third kappa shape index (κ3) is 3.73. The van der Waals surface area contributed by atoms with Gasteiger partial charge in [-0.2, -0.15) is 13.2 Å². The molecule has 7 nitrogen and oxygen atoms in total. The van der Waals surface area contributed by atoms with E-state index in [2.05, 4.69) is 4.74 Å². The van der Waals surface area contributed by atoms with Crippen molar-refractivity contribution in [2.75, 3.05) is 20.8 Å². The van der Waals surface area contributed by atoms with E-state index < -0.39 is 35.1 Å². The van der Waals surface area contributed by atoms with Gasteiger partial charge in [0.2, 0.25) is 0 Å². The molecule has 10 heteroatoms. The Morgan fingerprint density at radius 2 is 1.83 bits per heavy atom. The van der Waals surface area contributed by atoms with E-state index >= 15 is 0 Å². The topological polar surface area (TPSA) is 84.9 Å². The van der Waals surface area contributed by atoms with E-state index in [4.69, 9.17) is 4.74 Å². The summed E-state index contributed by atoms with van der Waals surface area (Å²) in [7, 11) is 2.16. The Hall–Kier alpha value is -3.04. The summed E-state index contributed by atoms with van der Waals surface area (Å²) in [6.45, 7) is 2.99. The summed E-state index contributed by atoms with van der Waals surface area (Å²) in [4.78, 5) is 39.1. The first-order valence-corrected chi connectivity index (χ1v) is 9.20. The van der Waals surface area contributed by atoms with Crippen LogP contribution in [0.5, 0.6) is 5.75 Å². The van der Waals surface area contributed by atoms with Crippen molar-refractivity contribution >= 4 is 17.8 Å². The summed E-state index contributed by atoms with van der Waals surface area (Å²) in [6.07, 6.45) is -4.30. The van der Waals surface area contributed by atoms with Crippen LogP contribution in [0.1, 0.15) is 37.0 Å².